The molecule has 1 aliphatic rings. The molecule has 0 radical (unpaired) electrons. The average molecular weight is 345 g/mol. The molecule has 3 rings (SSSR count). The van der Waals surface area contributed by atoms with Crippen molar-refractivity contribution >= 4 is 23.2 Å². The van der Waals surface area contributed by atoms with Crippen LogP contribution in [0.1, 0.15) is 30.5 Å². The molecule has 2 aromatic carbocycles. The van der Waals surface area contributed by atoms with Gasteiger partial charge in [0.15, 0.2) is 11.5 Å². The first kappa shape index (κ1) is 16.3. The summed E-state index contributed by atoms with van der Waals surface area (Å²) in [5.41, 5.74) is 2.53. The van der Waals surface area contributed by atoms with Crippen LogP contribution in [0.3, 0.4) is 0 Å². The summed E-state index contributed by atoms with van der Waals surface area (Å²) in [7, 11) is 1.49. The Balaban J connectivity index is 1.93. The number of nitrogens with zero attached hydrogens (tertiary/aromatic N) is 2. The molecule has 1 N–H and O–H groups in total. The number of halogens is 1. The van der Waals surface area contributed by atoms with E-state index in [1.54, 1.807) is 24.3 Å². The number of carbonyl (C=O) groups is 1. The summed E-state index contributed by atoms with van der Waals surface area (Å²) in [4.78, 5) is 12.0. The van der Waals surface area contributed by atoms with Crippen LogP contribution in [0.15, 0.2) is 47.6 Å². The highest BCUT2D eigenvalue weighted by atomic mass is 35.5. The molecule has 0 unspecified atom stereocenters. The van der Waals surface area contributed by atoms with Crippen molar-refractivity contribution in [2.24, 2.45) is 5.10 Å². The first-order valence-electron chi connectivity index (χ1n) is 7.49. The molecule has 6 heteroatoms. The van der Waals surface area contributed by atoms with Crippen molar-refractivity contribution < 1.29 is 14.6 Å². The van der Waals surface area contributed by atoms with Crippen LogP contribution in [0.2, 0.25) is 5.02 Å². The van der Waals surface area contributed by atoms with Crippen molar-refractivity contribution in [3.8, 4) is 11.5 Å². The number of hydrogen-bond donors (Lipinski definition) is 1. The summed E-state index contributed by atoms with van der Waals surface area (Å²) < 4.78 is 5.07. The zero-order valence-corrected chi connectivity index (χ0v) is 14.1. The monoisotopic (exact) mass is 344 g/mol. The average Bonchev–Trinajstić information content (AvgIpc) is 3.01. The van der Waals surface area contributed by atoms with E-state index in [9.17, 15) is 9.90 Å². The second-order valence-corrected chi connectivity index (χ2v) is 6.00. The summed E-state index contributed by atoms with van der Waals surface area (Å²) in [6, 6.07) is 12.2. The van der Waals surface area contributed by atoms with Crippen LogP contribution < -0.4 is 4.74 Å². The highest BCUT2D eigenvalue weighted by Crippen LogP contribution is 2.36. The normalized spacial score (nSPS) is 16.9. The van der Waals surface area contributed by atoms with E-state index in [1.165, 1.54) is 19.0 Å². The topological polar surface area (TPSA) is 62.1 Å². The maximum Gasteiger partial charge on any atom is 0.240 e. The molecule has 1 heterocycles. The van der Waals surface area contributed by atoms with Crippen LogP contribution >= 0.6 is 11.6 Å². The van der Waals surface area contributed by atoms with Gasteiger partial charge in [-0.1, -0.05) is 29.8 Å². The Kier molecular flexibility index (Phi) is 4.44. The molecule has 0 spiro atoms. The molecule has 0 aliphatic carbocycles. The molecule has 0 fully saturated rings. The number of ether oxygens (including phenoxy) is 1. The van der Waals surface area contributed by atoms with Gasteiger partial charge in [0.2, 0.25) is 5.91 Å². The highest BCUT2D eigenvalue weighted by Gasteiger charge is 2.31. The first-order valence-corrected chi connectivity index (χ1v) is 7.87. The number of methoxy groups -OCH3 is 1. The number of aromatic hydroxyl groups is 1. The number of rotatable bonds is 3. The lowest BCUT2D eigenvalue weighted by atomic mass is 9.98. The van der Waals surface area contributed by atoms with Gasteiger partial charge in [0.25, 0.3) is 0 Å². The minimum absolute atomic E-state index is 0.0402. The molecule has 0 saturated carbocycles. The van der Waals surface area contributed by atoms with Crippen LogP contribution in [0, 0.1) is 0 Å². The minimum atomic E-state index is -0.259. The van der Waals surface area contributed by atoms with Crippen molar-refractivity contribution in [3.05, 3.63) is 58.6 Å². The van der Waals surface area contributed by atoms with E-state index in [4.69, 9.17) is 16.3 Å². The fourth-order valence-electron chi connectivity index (χ4n) is 2.79. The summed E-state index contributed by atoms with van der Waals surface area (Å²) in [5.74, 6) is 0.280. The van der Waals surface area contributed by atoms with Gasteiger partial charge in [0, 0.05) is 18.4 Å². The van der Waals surface area contributed by atoms with E-state index in [0.717, 1.165) is 16.8 Å². The number of hydrogen-bond acceptors (Lipinski definition) is 4. The molecule has 124 valence electrons. The molecule has 1 atom stereocenters. The SMILES string of the molecule is COc1ccc([C@H]2CC(c3ccc(Cl)cc3)=NN2C(C)=O)cc1O. The molecule has 0 aromatic heterocycles. The van der Waals surface area contributed by atoms with Gasteiger partial charge in [-0.25, -0.2) is 5.01 Å². The summed E-state index contributed by atoms with van der Waals surface area (Å²) in [6.07, 6.45) is 0.562. The minimum Gasteiger partial charge on any atom is -0.504 e. The number of phenolic OH excluding ortho intramolecular Hbond substituents is 1. The van der Waals surface area contributed by atoms with Gasteiger partial charge in [0.1, 0.15) is 0 Å². The lowest BCUT2D eigenvalue weighted by Gasteiger charge is -2.21. The lowest BCUT2D eigenvalue weighted by Crippen LogP contribution is -2.24. The third-order valence-corrected chi connectivity index (χ3v) is 4.25. The molecular weight excluding hydrogens is 328 g/mol. The van der Waals surface area contributed by atoms with Crippen molar-refractivity contribution in [1.82, 2.24) is 5.01 Å². The second-order valence-electron chi connectivity index (χ2n) is 5.57. The quantitative estimate of drug-likeness (QED) is 0.922. The molecule has 0 bridgehead atoms. The maximum atomic E-state index is 12.0. The fourth-order valence-corrected chi connectivity index (χ4v) is 2.92. The van der Waals surface area contributed by atoms with E-state index in [1.807, 2.05) is 18.2 Å². The van der Waals surface area contributed by atoms with Gasteiger partial charge in [-0.15, -0.1) is 0 Å². The van der Waals surface area contributed by atoms with Crippen molar-refractivity contribution in [2.45, 2.75) is 19.4 Å². The summed E-state index contributed by atoms with van der Waals surface area (Å²) in [6.45, 7) is 1.48. The Hall–Kier alpha value is -2.53. The molecule has 24 heavy (non-hydrogen) atoms. The van der Waals surface area contributed by atoms with Gasteiger partial charge < -0.3 is 9.84 Å². The van der Waals surface area contributed by atoms with E-state index >= 15 is 0 Å². The molecule has 0 saturated heterocycles. The Morgan fingerprint density at radius 1 is 1.29 bits per heavy atom. The Bertz CT molecular complexity index is 802. The number of amides is 1. The van der Waals surface area contributed by atoms with E-state index < -0.39 is 0 Å². The van der Waals surface area contributed by atoms with Gasteiger partial charge in [-0.3, -0.25) is 4.79 Å². The smallest absolute Gasteiger partial charge is 0.240 e. The third-order valence-electron chi connectivity index (χ3n) is 4.00. The standard InChI is InChI=1S/C18H17ClN2O3/c1-11(22)21-16(13-5-8-18(24-2)17(23)9-13)10-15(20-21)12-3-6-14(19)7-4-12/h3-9,16,23H,10H2,1-2H3/t16-/m1/s1. The van der Waals surface area contributed by atoms with Crippen molar-refractivity contribution in [2.75, 3.05) is 7.11 Å². The van der Waals surface area contributed by atoms with Crippen molar-refractivity contribution in [1.29, 1.82) is 0 Å². The predicted molar refractivity (Wildman–Crippen MR) is 92.5 cm³/mol. The molecule has 5 nitrogen and oxygen atoms in total. The fraction of sp³-hybridized carbons (Fsp3) is 0.222. The number of benzene rings is 2. The van der Waals surface area contributed by atoms with Gasteiger partial charge in [-0.05, 0) is 35.4 Å². The summed E-state index contributed by atoms with van der Waals surface area (Å²) in [5, 5.41) is 16.6. The van der Waals surface area contributed by atoms with Crippen LogP contribution in [0.5, 0.6) is 11.5 Å². The largest absolute Gasteiger partial charge is 0.504 e. The second kappa shape index (κ2) is 6.53. The molecular formula is C18H17ClN2O3. The van der Waals surface area contributed by atoms with E-state index in [2.05, 4.69) is 5.10 Å². The maximum absolute atomic E-state index is 12.0. The van der Waals surface area contributed by atoms with Crippen LogP contribution in [-0.4, -0.2) is 28.8 Å². The van der Waals surface area contributed by atoms with Gasteiger partial charge in [-0.2, -0.15) is 5.10 Å². The lowest BCUT2D eigenvalue weighted by molar-refractivity contribution is -0.130. The summed E-state index contributed by atoms with van der Waals surface area (Å²) >= 11 is 5.92. The van der Waals surface area contributed by atoms with Gasteiger partial charge >= 0.3 is 0 Å². The van der Waals surface area contributed by atoms with Gasteiger partial charge in [0.05, 0.1) is 18.9 Å². The van der Waals surface area contributed by atoms with Crippen LogP contribution in [0.25, 0.3) is 0 Å². The Morgan fingerprint density at radius 3 is 2.58 bits per heavy atom. The Labute approximate surface area is 145 Å². The third kappa shape index (κ3) is 3.08. The zero-order valence-electron chi connectivity index (χ0n) is 13.4. The first-order chi connectivity index (χ1) is 11.5. The van der Waals surface area contributed by atoms with Crippen LogP contribution in [-0.2, 0) is 4.79 Å². The zero-order chi connectivity index (χ0) is 17.3. The highest BCUT2D eigenvalue weighted by molar-refractivity contribution is 6.30. The molecule has 1 amide bonds. The van der Waals surface area contributed by atoms with Crippen LogP contribution in [0.4, 0.5) is 0 Å². The van der Waals surface area contributed by atoms with Crippen molar-refractivity contribution in [3.63, 3.8) is 0 Å². The predicted octanol–water partition coefficient (Wildman–Crippen LogP) is 3.75. The number of phenols is 1. The van der Waals surface area contributed by atoms with E-state index in [-0.39, 0.29) is 17.7 Å². The number of carbonyl (C=O) groups excluding carboxylic acids is 1. The Morgan fingerprint density at radius 2 is 2.00 bits per heavy atom. The molecule has 1 aliphatic heterocycles. The molecule has 2 aromatic rings. The van der Waals surface area contributed by atoms with E-state index in [0.29, 0.717) is 17.2 Å². The number of hydrazone groups is 1.